The predicted molar refractivity (Wildman–Crippen MR) is 248 cm³/mol. The van der Waals surface area contributed by atoms with Crippen LogP contribution in [-0.2, 0) is 0 Å². The fourth-order valence-electron chi connectivity index (χ4n) is 5.44. The van der Waals surface area contributed by atoms with Crippen LogP contribution >= 0.6 is 62.3 Å². The highest BCUT2D eigenvalue weighted by molar-refractivity contribution is 9.10. The van der Waals surface area contributed by atoms with Gasteiger partial charge in [-0.3, -0.25) is 0 Å². The summed E-state index contributed by atoms with van der Waals surface area (Å²) in [6, 6.07) is 39.6. The fourth-order valence-corrected chi connectivity index (χ4v) is 7.24. The van der Waals surface area contributed by atoms with Crippen molar-refractivity contribution < 1.29 is 16.4 Å². The molecule has 0 aliphatic heterocycles. The molecule has 6 rings (SSSR count). The Balaban J connectivity index is 0.000000253. The van der Waals surface area contributed by atoms with E-state index in [0.29, 0.717) is 48.3 Å². The predicted octanol–water partition coefficient (Wildman–Crippen LogP) is 18.1. The minimum Gasteiger partial charge on any atom is -0.356 e. The summed E-state index contributed by atoms with van der Waals surface area (Å²) in [5, 5.41) is 5.42. The number of benzene rings is 6. The molecular weight excluding hydrogens is 826 g/mol. The van der Waals surface area contributed by atoms with E-state index in [0.717, 1.165) is 27.0 Å². The Bertz CT molecular complexity index is 2390. The van der Waals surface area contributed by atoms with Gasteiger partial charge in [0.25, 0.3) is 0 Å². The molecule has 0 heterocycles. The third-order valence-corrected chi connectivity index (χ3v) is 9.58. The topological polar surface area (TPSA) is 15.3 Å². The van der Waals surface area contributed by atoms with Crippen LogP contribution < -0.4 is 10.2 Å². The summed E-state index contributed by atoms with van der Waals surface area (Å²) in [5.74, 6) is -2.44. The Morgan fingerprint density at radius 2 is 0.800 bits per heavy atom. The minimum atomic E-state index is -2.14. The molecule has 0 aliphatic carbocycles. The number of nitrogens with zero attached hydrogens (tertiary/aromatic N) is 1. The van der Waals surface area contributed by atoms with Crippen LogP contribution in [0.5, 0.6) is 0 Å². The van der Waals surface area contributed by atoms with Crippen molar-refractivity contribution in [2.75, 3.05) is 10.2 Å². The zero-order valence-electron chi connectivity index (χ0n) is 42.8. The third kappa shape index (κ3) is 13.9. The van der Waals surface area contributed by atoms with Gasteiger partial charge in [-0.15, -0.1) is 0 Å². The number of nitrogens with one attached hydrogen (secondary N) is 1. The van der Waals surface area contributed by atoms with Crippen molar-refractivity contribution in [3.05, 3.63) is 180 Å². The van der Waals surface area contributed by atoms with E-state index in [1.54, 1.807) is 100 Å². The van der Waals surface area contributed by atoms with Crippen molar-refractivity contribution >= 4 is 90.8 Å². The first-order chi connectivity index (χ1) is 30.9. The molecule has 4 unspecified atom stereocenters. The average Bonchev–Trinajstić information content (AvgIpc) is 3.21. The van der Waals surface area contributed by atoms with Gasteiger partial charge in [-0.25, -0.2) is 0 Å². The molecule has 288 valence electrons. The summed E-state index contributed by atoms with van der Waals surface area (Å²) < 4.78 is 93.1. The first-order valence-electron chi connectivity index (χ1n) is 23.5. The van der Waals surface area contributed by atoms with Crippen LogP contribution in [0.3, 0.4) is 0 Å². The first kappa shape index (κ1) is 29.8. The van der Waals surface area contributed by atoms with Crippen LogP contribution in [0.1, 0.15) is 117 Å². The molecule has 55 heavy (non-hydrogen) atoms. The van der Waals surface area contributed by atoms with Gasteiger partial charge in [-0.05, 0) is 131 Å². The lowest BCUT2D eigenvalue weighted by Crippen LogP contribution is -2.11. The number of anilines is 5. The summed E-state index contributed by atoms with van der Waals surface area (Å²) >= 11 is 27.1. The largest absolute Gasteiger partial charge is 0.356 e. The van der Waals surface area contributed by atoms with Crippen LogP contribution in [0, 0.1) is 0 Å². The van der Waals surface area contributed by atoms with Gasteiger partial charge in [0.1, 0.15) is 0 Å². The van der Waals surface area contributed by atoms with Crippen molar-refractivity contribution in [2.45, 2.75) is 78.8 Å². The van der Waals surface area contributed by atoms with Crippen LogP contribution in [0.2, 0.25) is 20.1 Å². The molecule has 0 amide bonds. The third-order valence-electron chi connectivity index (χ3n) is 8.25. The fraction of sp³-hybridized carbons (Fsp3) is 0.250. The van der Waals surface area contributed by atoms with E-state index in [-0.39, 0.29) is 0 Å². The van der Waals surface area contributed by atoms with E-state index in [2.05, 4.69) is 21.2 Å². The number of hydrogen-bond acceptors (Lipinski definition) is 2. The molecule has 0 fully saturated rings. The van der Waals surface area contributed by atoms with Gasteiger partial charge in [-0.2, -0.15) is 0 Å². The van der Waals surface area contributed by atoms with Gasteiger partial charge in [0.15, 0.2) is 0 Å². The Kier molecular flexibility index (Phi) is 11.5. The monoisotopic (exact) mass is 886 g/mol. The van der Waals surface area contributed by atoms with Gasteiger partial charge in [0.05, 0.1) is 0 Å². The van der Waals surface area contributed by atoms with Crippen LogP contribution in [0.4, 0.5) is 28.4 Å². The van der Waals surface area contributed by atoms with E-state index < -0.39 is 51.1 Å². The Labute approximate surface area is 374 Å². The second-order valence-electron chi connectivity index (χ2n) is 13.0. The summed E-state index contributed by atoms with van der Waals surface area (Å²) in [5.41, 5.74) is 6.43. The zero-order valence-corrected chi connectivity index (χ0v) is 35.5. The Hall–Kier alpha value is -3.44. The van der Waals surface area contributed by atoms with Crippen LogP contribution in [0.25, 0.3) is 0 Å². The molecule has 0 radical (unpaired) electrons. The highest BCUT2D eigenvalue weighted by Gasteiger charge is 2.16. The summed E-state index contributed by atoms with van der Waals surface area (Å²) in [6.07, 6.45) is 0. The molecule has 0 aromatic heterocycles. The average molecular weight is 890 g/mol. The first-order valence-corrected chi connectivity index (χ1v) is 19.8. The van der Waals surface area contributed by atoms with Crippen molar-refractivity contribution in [2.24, 2.45) is 0 Å². The molecule has 6 aromatic rings. The van der Waals surface area contributed by atoms with Crippen molar-refractivity contribution in [3.63, 3.8) is 0 Å². The van der Waals surface area contributed by atoms with Crippen molar-refractivity contribution in [3.8, 4) is 0 Å². The van der Waals surface area contributed by atoms with Crippen molar-refractivity contribution in [1.82, 2.24) is 0 Å². The van der Waals surface area contributed by atoms with E-state index >= 15 is 0 Å². The highest BCUT2D eigenvalue weighted by Crippen LogP contribution is 2.39. The second kappa shape index (κ2) is 21.2. The van der Waals surface area contributed by atoms with Gasteiger partial charge in [0.2, 0.25) is 0 Å². The number of hydrogen-bond donors (Lipinski definition) is 1. The van der Waals surface area contributed by atoms with Crippen LogP contribution in [-0.4, -0.2) is 0 Å². The minimum absolute atomic E-state index is 0.446. The van der Waals surface area contributed by atoms with Gasteiger partial charge >= 0.3 is 0 Å². The Morgan fingerprint density at radius 1 is 0.455 bits per heavy atom. The second-order valence-corrected chi connectivity index (χ2v) is 15.7. The quantitative estimate of drug-likeness (QED) is 0.156. The molecule has 2 nitrogen and oxygen atoms in total. The number of rotatable bonds is 9. The smallest absolute Gasteiger partial charge is 0.0491 e. The molecule has 6 aromatic carbocycles. The molecule has 7 heteroatoms. The van der Waals surface area contributed by atoms with Crippen molar-refractivity contribution in [1.29, 1.82) is 0 Å². The summed E-state index contributed by atoms with van der Waals surface area (Å²) in [7, 11) is 0. The molecule has 0 saturated carbocycles. The molecule has 0 saturated heterocycles. The standard InChI is InChI=1S/C24H25Cl2N.C18H23N.C6H3BrCl2/c1-16(2)18-7-5-9-22(11-18)27(24-14-20(25)13-21(26)15-24)23-10-6-8-19(12-23)17(3)4;1-13(2)15-7-5-9-17(11-15)19-18-10-6-8-16(12-18)14(3)4;7-4-1-5(8)3-6(9)2-4/h5-17H,1-4H3;5-14,19H,1-4H3;1-3H/i2*1D3,3D3;. The van der Waals surface area contributed by atoms with Crippen LogP contribution in [0.15, 0.2) is 138 Å². The molecular formula is C48H51BrCl4N2. The maximum absolute atomic E-state index is 7.80. The SMILES string of the molecule is Clc1cc(Cl)cc(Br)c1.[2H]C([2H])([2H])C(C)c1cccc(N(c2cc(Cl)cc(Cl)c2)c2cccc(C(C)C([2H])([2H])[2H])c2)c1.[2H]C([2H])([2H])C(C)c1cccc(Nc2cccc(C(C)C([2H])([2H])[2H])c2)c1. The molecule has 0 aliphatic rings. The van der Waals surface area contributed by atoms with E-state index in [9.17, 15) is 0 Å². The Morgan fingerprint density at radius 3 is 1.16 bits per heavy atom. The highest BCUT2D eigenvalue weighted by atomic mass is 79.9. The molecule has 0 bridgehead atoms. The number of halogens is 5. The van der Waals surface area contributed by atoms with E-state index in [1.807, 2.05) is 65.6 Å². The lowest BCUT2D eigenvalue weighted by molar-refractivity contribution is 0.864. The zero-order chi connectivity index (χ0) is 50.2. The lowest BCUT2D eigenvalue weighted by atomic mass is 10.0. The summed E-state index contributed by atoms with van der Waals surface area (Å²) in [6.45, 7) is -1.66. The summed E-state index contributed by atoms with van der Waals surface area (Å²) in [4.78, 5) is 1.89. The maximum atomic E-state index is 7.80. The normalized spacial score (nSPS) is 17.0. The molecule has 4 atom stereocenters. The van der Waals surface area contributed by atoms with E-state index in [1.165, 1.54) is 0 Å². The molecule has 1 N–H and O–H groups in total. The maximum Gasteiger partial charge on any atom is 0.0491 e. The van der Waals surface area contributed by atoms with Gasteiger partial charge in [0, 0.05) is 69.4 Å². The van der Waals surface area contributed by atoms with E-state index in [4.69, 9.17) is 62.9 Å². The lowest BCUT2D eigenvalue weighted by Gasteiger charge is -2.27. The molecule has 0 spiro atoms. The van der Waals surface area contributed by atoms with Gasteiger partial charge in [-0.1, -0.05) is 166 Å². The van der Waals surface area contributed by atoms with Gasteiger partial charge < -0.3 is 10.2 Å².